The van der Waals surface area contributed by atoms with Crippen LogP contribution in [0.2, 0.25) is 0 Å². The number of alkyl halides is 3. The molecule has 10 nitrogen and oxygen atoms in total. The van der Waals surface area contributed by atoms with Crippen LogP contribution in [-0.4, -0.2) is 45.5 Å². The lowest BCUT2D eigenvalue weighted by molar-refractivity contribution is -0.138. The van der Waals surface area contributed by atoms with Gasteiger partial charge < -0.3 is 4.74 Å². The van der Waals surface area contributed by atoms with Crippen molar-refractivity contribution in [1.29, 1.82) is 0 Å². The van der Waals surface area contributed by atoms with E-state index in [9.17, 15) is 26.4 Å². The predicted octanol–water partition coefficient (Wildman–Crippen LogP) is 3.71. The molecule has 0 unspecified atom stereocenters. The van der Waals surface area contributed by atoms with Crippen LogP contribution < -0.4 is 4.72 Å². The molecule has 4 aromatic rings. The molecule has 0 amide bonds. The predicted molar refractivity (Wildman–Crippen MR) is 123 cm³/mol. The average Bonchev–Trinajstić information content (AvgIpc) is 3.44. The zero-order valence-electron chi connectivity index (χ0n) is 19.4. The van der Waals surface area contributed by atoms with Crippen LogP contribution in [0.5, 0.6) is 0 Å². The quantitative estimate of drug-likeness (QED) is 0.367. The first-order valence-corrected chi connectivity index (χ1v) is 12.2. The fourth-order valence-corrected chi connectivity index (χ4v) is 4.68. The Labute approximate surface area is 203 Å². The highest BCUT2D eigenvalue weighted by Gasteiger charge is 2.39. The van der Waals surface area contributed by atoms with E-state index >= 15 is 0 Å². The first kappa shape index (κ1) is 25.2. The fraction of sp³-hybridized carbons (Fsp3) is 0.273. The van der Waals surface area contributed by atoms with Gasteiger partial charge in [0.1, 0.15) is 10.5 Å². The third-order valence-corrected chi connectivity index (χ3v) is 6.70. The van der Waals surface area contributed by atoms with E-state index in [1.807, 2.05) is 13.0 Å². The molecule has 0 aliphatic heterocycles. The summed E-state index contributed by atoms with van der Waals surface area (Å²) in [5, 5.41) is 8.59. The standard InChI is InChI=1S/C22H21F3N6O4S/c1-4-13-6-7-14-10-27-30(3)20(14)18(13)29-36(33,34)15-8-9-17(26-11-15)31-12-16(22(23,24)25)19(28-31)21(32)35-5-2/h6-12,29H,4-5H2,1-3H3. The third kappa shape index (κ3) is 4.63. The molecule has 0 atom stereocenters. The summed E-state index contributed by atoms with van der Waals surface area (Å²) in [5.41, 5.74) is -0.481. The van der Waals surface area contributed by atoms with Crippen molar-refractivity contribution in [1.82, 2.24) is 24.5 Å². The molecular weight excluding hydrogens is 501 g/mol. The van der Waals surface area contributed by atoms with Crippen LogP contribution in [0, 0.1) is 0 Å². The Morgan fingerprint density at radius 1 is 1.14 bits per heavy atom. The molecule has 0 saturated heterocycles. The molecule has 1 aromatic carbocycles. The Balaban J connectivity index is 1.69. The van der Waals surface area contributed by atoms with Gasteiger partial charge in [-0.3, -0.25) is 9.40 Å². The molecular formula is C22H21F3N6O4S. The number of nitrogens with one attached hydrogen (secondary N) is 1. The lowest BCUT2D eigenvalue weighted by Crippen LogP contribution is -2.16. The van der Waals surface area contributed by atoms with Gasteiger partial charge in [0, 0.05) is 24.8 Å². The molecule has 14 heteroatoms. The number of anilines is 1. The molecule has 3 aromatic heterocycles. The Morgan fingerprint density at radius 3 is 2.50 bits per heavy atom. The number of aryl methyl sites for hydroxylation is 2. The van der Waals surface area contributed by atoms with Crippen molar-refractivity contribution in [3.63, 3.8) is 0 Å². The fourth-order valence-electron chi connectivity index (χ4n) is 3.63. The number of hydrogen-bond acceptors (Lipinski definition) is 7. The van der Waals surface area contributed by atoms with E-state index in [0.29, 0.717) is 23.8 Å². The van der Waals surface area contributed by atoms with Gasteiger partial charge in [0.25, 0.3) is 10.0 Å². The molecule has 0 aliphatic carbocycles. The zero-order valence-corrected chi connectivity index (χ0v) is 20.2. The minimum absolute atomic E-state index is 0.127. The van der Waals surface area contributed by atoms with E-state index in [-0.39, 0.29) is 17.3 Å². The van der Waals surface area contributed by atoms with Crippen LogP contribution in [0.1, 0.15) is 35.5 Å². The monoisotopic (exact) mass is 522 g/mol. The summed E-state index contributed by atoms with van der Waals surface area (Å²) in [6.45, 7) is 3.21. The normalized spacial score (nSPS) is 12.2. The molecule has 0 saturated carbocycles. The number of ether oxygens (including phenoxy) is 1. The number of benzene rings is 1. The summed E-state index contributed by atoms with van der Waals surface area (Å²) in [6.07, 6.45) is -1.10. The summed E-state index contributed by atoms with van der Waals surface area (Å²) in [4.78, 5) is 15.7. The number of pyridine rings is 1. The van der Waals surface area contributed by atoms with Crippen molar-refractivity contribution in [3.8, 4) is 5.82 Å². The number of rotatable bonds is 7. The van der Waals surface area contributed by atoms with Crippen molar-refractivity contribution in [2.24, 2.45) is 7.05 Å². The van der Waals surface area contributed by atoms with Gasteiger partial charge in [0.2, 0.25) is 0 Å². The van der Waals surface area contributed by atoms with Crippen molar-refractivity contribution < 1.29 is 31.1 Å². The SMILES string of the molecule is CCOC(=O)c1nn(-c2ccc(S(=O)(=O)Nc3c(CC)ccc4cnn(C)c34)cn2)cc1C(F)(F)F. The first-order valence-electron chi connectivity index (χ1n) is 10.7. The van der Waals surface area contributed by atoms with Gasteiger partial charge in [0.15, 0.2) is 11.5 Å². The highest BCUT2D eigenvalue weighted by molar-refractivity contribution is 7.92. The second-order valence-corrected chi connectivity index (χ2v) is 9.35. The minimum atomic E-state index is -4.86. The summed E-state index contributed by atoms with van der Waals surface area (Å²) in [5.74, 6) is -1.36. The van der Waals surface area contributed by atoms with Gasteiger partial charge in [-0.1, -0.05) is 19.1 Å². The Kier molecular flexibility index (Phi) is 6.47. The van der Waals surface area contributed by atoms with Crippen LogP contribution in [-0.2, 0) is 34.4 Å². The second kappa shape index (κ2) is 9.26. The van der Waals surface area contributed by atoms with Crippen molar-refractivity contribution in [3.05, 3.63) is 59.7 Å². The molecule has 0 fully saturated rings. The first-order chi connectivity index (χ1) is 17.0. The van der Waals surface area contributed by atoms with Crippen LogP contribution in [0.4, 0.5) is 18.9 Å². The summed E-state index contributed by atoms with van der Waals surface area (Å²) in [7, 11) is -2.42. The van der Waals surface area contributed by atoms with Crippen LogP contribution in [0.25, 0.3) is 16.7 Å². The van der Waals surface area contributed by atoms with Gasteiger partial charge >= 0.3 is 12.1 Å². The number of nitrogens with zero attached hydrogens (tertiary/aromatic N) is 5. The van der Waals surface area contributed by atoms with Gasteiger partial charge in [-0.25, -0.2) is 22.9 Å². The largest absolute Gasteiger partial charge is 0.461 e. The molecule has 0 spiro atoms. The van der Waals surface area contributed by atoms with Crippen LogP contribution >= 0.6 is 0 Å². The van der Waals surface area contributed by atoms with E-state index < -0.39 is 33.4 Å². The van der Waals surface area contributed by atoms with Crippen molar-refractivity contribution >= 4 is 32.6 Å². The van der Waals surface area contributed by atoms with Gasteiger partial charge in [-0.15, -0.1) is 0 Å². The maximum atomic E-state index is 13.4. The number of aromatic nitrogens is 5. The molecule has 0 aliphatic rings. The smallest absolute Gasteiger partial charge is 0.420 e. The van der Waals surface area contributed by atoms with Crippen LogP contribution in [0.15, 0.2) is 47.8 Å². The molecule has 190 valence electrons. The maximum absolute atomic E-state index is 13.4. The van der Waals surface area contributed by atoms with E-state index in [4.69, 9.17) is 0 Å². The molecule has 4 rings (SSSR count). The van der Waals surface area contributed by atoms with Gasteiger partial charge in [-0.2, -0.15) is 23.4 Å². The van der Waals surface area contributed by atoms with E-state index in [1.165, 1.54) is 19.1 Å². The number of fused-ring (bicyclic) bond motifs is 1. The van der Waals surface area contributed by atoms with E-state index in [0.717, 1.165) is 21.8 Å². The lowest BCUT2D eigenvalue weighted by Gasteiger charge is -2.14. The topological polar surface area (TPSA) is 121 Å². The Hall–Kier alpha value is -3.94. The highest BCUT2D eigenvalue weighted by atomic mass is 32.2. The van der Waals surface area contributed by atoms with Crippen molar-refractivity contribution in [2.45, 2.75) is 31.3 Å². The molecule has 36 heavy (non-hydrogen) atoms. The zero-order chi connectivity index (χ0) is 26.3. The Morgan fingerprint density at radius 2 is 1.89 bits per heavy atom. The molecule has 0 bridgehead atoms. The second-order valence-electron chi connectivity index (χ2n) is 7.67. The number of esters is 1. The number of halogens is 3. The highest BCUT2D eigenvalue weighted by Crippen LogP contribution is 2.33. The number of carbonyl (C=O) groups is 1. The summed E-state index contributed by atoms with van der Waals surface area (Å²) in [6, 6.07) is 6.01. The van der Waals surface area contributed by atoms with Crippen LogP contribution in [0.3, 0.4) is 0 Å². The molecule has 3 heterocycles. The minimum Gasteiger partial charge on any atom is -0.461 e. The average molecular weight is 523 g/mol. The van der Waals surface area contributed by atoms with E-state index in [1.54, 1.807) is 24.0 Å². The maximum Gasteiger partial charge on any atom is 0.420 e. The molecule has 0 radical (unpaired) electrons. The number of sulfonamides is 1. The number of carbonyl (C=O) groups excluding carboxylic acids is 1. The summed E-state index contributed by atoms with van der Waals surface area (Å²) >= 11 is 0. The van der Waals surface area contributed by atoms with Gasteiger partial charge in [-0.05, 0) is 31.0 Å². The summed E-state index contributed by atoms with van der Waals surface area (Å²) < 4.78 is 76.0. The third-order valence-electron chi connectivity index (χ3n) is 5.36. The number of hydrogen-bond donors (Lipinski definition) is 1. The molecule has 1 N–H and O–H groups in total. The van der Waals surface area contributed by atoms with E-state index in [2.05, 4.69) is 24.6 Å². The lowest BCUT2D eigenvalue weighted by atomic mass is 10.1. The Bertz CT molecular complexity index is 1540. The van der Waals surface area contributed by atoms with Crippen molar-refractivity contribution in [2.75, 3.05) is 11.3 Å². The van der Waals surface area contributed by atoms with Gasteiger partial charge in [0.05, 0.1) is 24.0 Å².